The first-order valence-corrected chi connectivity index (χ1v) is 11.0. The van der Waals surface area contributed by atoms with Gasteiger partial charge in [0.1, 0.15) is 11.9 Å². The third kappa shape index (κ3) is 5.75. The zero-order chi connectivity index (χ0) is 21.6. The Morgan fingerprint density at radius 3 is 2.07 bits per heavy atom. The van der Waals surface area contributed by atoms with Crippen LogP contribution in [0.4, 0.5) is 4.39 Å². The maximum absolute atomic E-state index is 13.2. The van der Waals surface area contributed by atoms with E-state index in [2.05, 4.69) is 10.0 Å². The van der Waals surface area contributed by atoms with Gasteiger partial charge in [0.25, 0.3) is 0 Å². The van der Waals surface area contributed by atoms with Crippen LogP contribution in [-0.2, 0) is 21.2 Å². The molecule has 0 heterocycles. The van der Waals surface area contributed by atoms with E-state index in [-0.39, 0.29) is 17.1 Å². The first-order valence-electron chi connectivity index (χ1n) is 9.52. The molecule has 0 saturated carbocycles. The van der Waals surface area contributed by atoms with E-state index < -0.39 is 28.0 Å². The van der Waals surface area contributed by atoms with Crippen molar-refractivity contribution in [3.05, 3.63) is 102 Å². The molecule has 7 heteroatoms. The summed E-state index contributed by atoms with van der Waals surface area (Å²) in [7, 11) is -3.89. The van der Waals surface area contributed by atoms with Gasteiger partial charge in [-0.25, -0.2) is 12.8 Å². The SMILES string of the molecule is C[C@@H](NC(=O)[C@@H](Cc1ccccc1)NS(=O)(=O)c1ccccc1)c1ccc(F)cc1. The summed E-state index contributed by atoms with van der Waals surface area (Å²) >= 11 is 0. The summed E-state index contributed by atoms with van der Waals surface area (Å²) in [5.74, 6) is -0.829. The zero-order valence-electron chi connectivity index (χ0n) is 16.5. The molecule has 3 aromatic rings. The largest absolute Gasteiger partial charge is 0.348 e. The summed E-state index contributed by atoms with van der Waals surface area (Å²) in [5, 5.41) is 2.82. The van der Waals surface area contributed by atoms with Crippen LogP contribution in [0.5, 0.6) is 0 Å². The van der Waals surface area contributed by atoms with Crippen molar-refractivity contribution in [2.45, 2.75) is 30.3 Å². The monoisotopic (exact) mass is 426 g/mol. The summed E-state index contributed by atoms with van der Waals surface area (Å²) in [6.07, 6.45) is 0.189. The van der Waals surface area contributed by atoms with Crippen LogP contribution in [0.15, 0.2) is 89.8 Å². The molecular formula is C23H23FN2O3S. The minimum absolute atomic E-state index is 0.0856. The standard InChI is InChI=1S/C23H23FN2O3S/c1-17(19-12-14-20(24)15-13-19)25-23(27)22(16-18-8-4-2-5-9-18)26-30(28,29)21-10-6-3-7-11-21/h2-15,17,22,26H,16H2,1H3,(H,25,27)/t17-,22-/m1/s1. The van der Waals surface area contributed by atoms with E-state index in [4.69, 9.17) is 0 Å². The molecule has 3 rings (SSSR count). The average molecular weight is 427 g/mol. The van der Waals surface area contributed by atoms with Crippen molar-refractivity contribution in [1.82, 2.24) is 10.0 Å². The average Bonchev–Trinajstić information content (AvgIpc) is 2.75. The molecule has 0 radical (unpaired) electrons. The Hall–Kier alpha value is -3.03. The molecule has 2 atom stereocenters. The molecule has 3 aromatic carbocycles. The molecule has 0 aliphatic heterocycles. The van der Waals surface area contributed by atoms with Crippen LogP contribution in [-0.4, -0.2) is 20.4 Å². The maximum atomic E-state index is 13.2. The molecule has 0 aromatic heterocycles. The highest BCUT2D eigenvalue weighted by Crippen LogP contribution is 2.15. The first-order chi connectivity index (χ1) is 14.3. The van der Waals surface area contributed by atoms with Crippen molar-refractivity contribution in [1.29, 1.82) is 0 Å². The number of halogens is 1. The van der Waals surface area contributed by atoms with Crippen molar-refractivity contribution in [3.63, 3.8) is 0 Å². The summed E-state index contributed by atoms with van der Waals surface area (Å²) in [6.45, 7) is 1.76. The third-order valence-corrected chi connectivity index (χ3v) is 6.17. The number of rotatable bonds is 8. The second kappa shape index (κ2) is 9.65. The van der Waals surface area contributed by atoms with Gasteiger partial charge in [0, 0.05) is 0 Å². The lowest BCUT2D eigenvalue weighted by Crippen LogP contribution is -2.48. The number of benzene rings is 3. The normalized spacial score (nSPS) is 13.4. The van der Waals surface area contributed by atoms with Crippen LogP contribution in [0, 0.1) is 5.82 Å². The van der Waals surface area contributed by atoms with Crippen molar-refractivity contribution in [2.24, 2.45) is 0 Å². The summed E-state index contributed by atoms with van der Waals surface area (Å²) in [5.41, 5.74) is 1.54. The minimum Gasteiger partial charge on any atom is -0.348 e. The van der Waals surface area contributed by atoms with Gasteiger partial charge in [-0.15, -0.1) is 0 Å². The van der Waals surface area contributed by atoms with Gasteiger partial charge in [-0.3, -0.25) is 4.79 Å². The van der Waals surface area contributed by atoms with E-state index in [1.54, 1.807) is 37.3 Å². The number of sulfonamides is 1. The van der Waals surface area contributed by atoms with Crippen LogP contribution in [0.25, 0.3) is 0 Å². The summed E-state index contributed by atoms with van der Waals surface area (Å²) < 4.78 is 41.3. The predicted molar refractivity (Wildman–Crippen MR) is 114 cm³/mol. The van der Waals surface area contributed by atoms with Crippen LogP contribution >= 0.6 is 0 Å². The highest BCUT2D eigenvalue weighted by Gasteiger charge is 2.27. The Kier molecular flexibility index (Phi) is 6.97. The highest BCUT2D eigenvalue weighted by atomic mass is 32.2. The molecule has 1 amide bonds. The van der Waals surface area contributed by atoms with Gasteiger partial charge in [0.2, 0.25) is 15.9 Å². The number of hydrogen-bond donors (Lipinski definition) is 2. The highest BCUT2D eigenvalue weighted by molar-refractivity contribution is 7.89. The molecule has 2 N–H and O–H groups in total. The van der Waals surface area contributed by atoms with Crippen LogP contribution in [0.2, 0.25) is 0 Å². The second-order valence-electron chi connectivity index (χ2n) is 6.96. The lowest BCUT2D eigenvalue weighted by Gasteiger charge is -2.22. The van der Waals surface area contributed by atoms with E-state index in [1.807, 2.05) is 30.3 Å². The van der Waals surface area contributed by atoms with Gasteiger partial charge in [0.15, 0.2) is 0 Å². The molecule has 0 saturated heterocycles. The summed E-state index contributed by atoms with van der Waals surface area (Å²) in [6, 6.07) is 21.5. The maximum Gasteiger partial charge on any atom is 0.241 e. The van der Waals surface area contributed by atoms with E-state index in [1.165, 1.54) is 24.3 Å². The van der Waals surface area contributed by atoms with Crippen LogP contribution in [0.3, 0.4) is 0 Å². The molecule has 0 spiro atoms. The molecule has 0 unspecified atom stereocenters. The fourth-order valence-corrected chi connectivity index (χ4v) is 4.26. The number of carbonyl (C=O) groups is 1. The molecule has 0 aliphatic rings. The molecular weight excluding hydrogens is 403 g/mol. The van der Waals surface area contributed by atoms with E-state index in [0.717, 1.165) is 5.56 Å². The quantitative estimate of drug-likeness (QED) is 0.578. The Balaban J connectivity index is 1.81. The van der Waals surface area contributed by atoms with Gasteiger partial charge in [-0.05, 0) is 48.7 Å². The Morgan fingerprint density at radius 2 is 1.47 bits per heavy atom. The van der Waals surface area contributed by atoms with Gasteiger partial charge in [-0.1, -0.05) is 60.7 Å². The number of amides is 1. The van der Waals surface area contributed by atoms with Crippen LogP contribution < -0.4 is 10.0 Å². The number of carbonyl (C=O) groups excluding carboxylic acids is 1. The van der Waals surface area contributed by atoms with E-state index in [0.29, 0.717) is 5.56 Å². The van der Waals surface area contributed by atoms with Crippen molar-refractivity contribution in [3.8, 4) is 0 Å². The van der Waals surface area contributed by atoms with E-state index >= 15 is 0 Å². The smallest absolute Gasteiger partial charge is 0.241 e. The van der Waals surface area contributed by atoms with Gasteiger partial charge in [0.05, 0.1) is 10.9 Å². The predicted octanol–water partition coefficient (Wildman–Crippen LogP) is 3.59. The third-order valence-electron chi connectivity index (χ3n) is 4.68. The van der Waals surface area contributed by atoms with Gasteiger partial charge >= 0.3 is 0 Å². The van der Waals surface area contributed by atoms with Crippen molar-refractivity contribution in [2.75, 3.05) is 0 Å². The van der Waals surface area contributed by atoms with Crippen LogP contribution in [0.1, 0.15) is 24.1 Å². The number of hydrogen-bond acceptors (Lipinski definition) is 3. The molecule has 30 heavy (non-hydrogen) atoms. The lowest BCUT2D eigenvalue weighted by molar-refractivity contribution is -0.123. The zero-order valence-corrected chi connectivity index (χ0v) is 17.3. The fraction of sp³-hybridized carbons (Fsp3) is 0.174. The first kappa shape index (κ1) is 21.7. The second-order valence-corrected chi connectivity index (χ2v) is 8.67. The Bertz CT molecular complexity index is 1070. The minimum atomic E-state index is -3.89. The molecule has 0 aliphatic carbocycles. The molecule has 0 fully saturated rings. The molecule has 0 bridgehead atoms. The van der Waals surface area contributed by atoms with Gasteiger partial charge < -0.3 is 5.32 Å². The topological polar surface area (TPSA) is 75.3 Å². The fourth-order valence-electron chi connectivity index (χ4n) is 3.04. The van der Waals surface area contributed by atoms with Crippen molar-refractivity contribution >= 4 is 15.9 Å². The van der Waals surface area contributed by atoms with Gasteiger partial charge in [-0.2, -0.15) is 4.72 Å². The Labute approximate surface area is 176 Å². The molecule has 5 nitrogen and oxygen atoms in total. The Morgan fingerprint density at radius 1 is 0.900 bits per heavy atom. The number of nitrogens with one attached hydrogen (secondary N) is 2. The van der Waals surface area contributed by atoms with Crippen molar-refractivity contribution < 1.29 is 17.6 Å². The summed E-state index contributed by atoms with van der Waals surface area (Å²) in [4.78, 5) is 13.1. The van der Waals surface area contributed by atoms with E-state index in [9.17, 15) is 17.6 Å². The lowest BCUT2D eigenvalue weighted by atomic mass is 10.0. The molecule has 156 valence electrons.